The fraction of sp³-hybridized carbons (Fsp3) is 0.528. The van der Waals surface area contributed by atoms with Crippen molar-refractivity contribution < 1.29 is 21.8 Å². The van der Waals surface area contributed by atoms with E-state index < -0.39 is 7.25 Å². The van der Waals surface area contributed by atoms with Gasteiger partial charge in [0.1, 0.15) is 11.4 Å². The summed E-state index contributed by atoms with van der Waals surface area (Å²) in [5.41, 5.74) is 15.3. The zero-order valence-electron chi connectivity index (χ0n) is 36.3. The summed E-state index contributed by atoms with van der Waals surface area (Å²) in [6.45, 7) is 4.92. The van der Waals surface area contributed by atoms with Gasteiger partial charge in [0.15, 0.2) is 12.1 Å². The van der Waals surface area contributed by atoms with Crippen LogP contribution in [-0.4, -0.2) is 18.2 Å². The average Bonchev–Trinajstić information content (AvgIpc) is 3.66. The highest BCUT2D eigenvalue weighted by Crippen LogP contribution is 2.53. The van der Waals surface area contributed by atoms with E-state index in [0.717, 1.165) is 0 Å². The lowest BCUT2D eigenvalue weighted by atomic mass is 9.77. The molecule has 60 heavy (non-hydrogen) atoms. The molecule has 4 saturated carbocycles. The van der Waals surface area contributed by atoms with Crippen LogP contribution in [0.4, 0.5) is 28.6 Å². The number of hydrogen-bond acceptors (Lipinski definition) is 1. The summed E-state index contributed by atoms with van der Waals surface area (Å²) in [5.74, 6) is 2.70. The monoisotopic (exact) mass is 819 g/mol. The van der Waals surface area contributed by atoms with Crippen LogP contribution in [0.3, 0.4) is 0 Å². The quantitative estimate of drug-likeness (QED) is 0.0975. The third kappa shape index (κ3) is 9.92. The summed E-state index contributed by atoms with van der Waals surface area (Å²) in [7, 11) is -6.00. The lowest BCUT2D eigenvalue weighted by Gasteiger charge is -2.32. The van der Waals surface area contributed by atoms with E-state index in [2.05, 4.69) is 115 Å². The van der Waals surface area contributed by atoms with E-state index in [9.17, 15) is 17.3 Å². The highest BCUT2D eigenvalue weighted by molar-refractivity contribution is 6.50. The summed E-state index contributed by atoms with van der Waals surface area (Å²) < 4.78 is 41.8. The molecule has 9 rings (SSSR count). The number of anilines is 1. The maximum atomic E-state index is 9.75. The minimum absolute atomic E-state index is 0.154. The standard InChI is InChI=1S/C53H67N2.BF4/c1-38-33-46(40-21-9-3-10-22-40)35-48(42-25-13-5-14-26-42)50(38)54-37-55(53(45-31-19-8-20-32-45)52(54)44-29-17-7-18-30-44)51-39(2)34-47(41-23-11-4-12-24-41)36-49(51)43-27-15-6-16-28-43;2-1(3,4)5/h7-8,17-20,29-37,40-43,52-53H,3-6,9-16,21-28H2,1-2H3;/q+1;-1/t52-,53-;/m1./s1. The Morgan fingerprint density at radius 3 is 1.35 bits per heavy atom. The van der Waals surface area contributed by atoms with E-state index in [1.807, 2.05) is 0 Å². The molecule has 4 aromatic rings. The summed E-state index contributed by atoms with van der Waals surface area (Å²) in [4.78, 5) is 2.80. The predicted molar refractivity (Wildman–Crippen MR) is 243 cm³/mol. The predicted octanol–water partition coefficient (Wildman–Crippen LogP) is 16.5. The first kappa shape index (κ1) is 42.8. The number of halogens is 4. The second-order valence-electron chi connectivity index (χ2n) is 19.0. The maximum absolute atomic E-state index is 9.75. The molecular weight excluding hydrogens is 751 g/mol. The van der Waals surface area contributed by atoms with Crippen molar-refractivity contribution in [3.63, 3.8) is 0 Å². The van der Waals surface area contributed by atoms with Gasteiger partial charge in [0.05, 0.1) is 0 Å². The van der Waals surface area contributed by atoms with Crippen LogP contribution in [0.2, 0.25) is 0 Å². The Kier molecular flexibility index (Phi) is 13.9. The van der Waals surface area contributed by atoms with Crippen molar-refractivity contribution in [2.45, 2.75) is 178 Å². The zero-order chi connectivity index (χ0) is 41.6. The van der Waals surface area contributed by atoms with Gasteiger partial charge in [-0.05, 0) is 111 Å². The van der Waals surface area contributed by atoms with Crippen LogP contribution in [0, 0.1) is 13.8 Å². The Labute approximate surface area is 358 Å². The average molecular weight is 819 g/mol. The van der Waals surface area contributed by atoms with Gasteiger partial charge in [0.2, 0.25) is 6.34 Å². The van der Waals surface area contributed by atoms with Gasteiger partial charge in [-0.2, -0.15) is 0 Å². The SMILES string of the molecule is Cc1cc(C2CCCCC2)cc(C2CCCCC2)c1N1C=[N+](c2c(C)cc(C3CCCCC3)cc2C2CCCCC2)[C@H](c2ccccc2)[C@H]1c1ccccc1.F[B-](F)(F)F. The van der Waals surface area contributed by atoms with Crippen LogP contribution in [-0.2, 0) is 0 Å². The molecule has 1 aliphatic heterocycles. The smallest absolute Gasteiger partial charge is 0.418 e. The summed E-state index contributed by atoms with van der Waals surface area (Å²) >= 11 is 0. The number of rotatable bonds is 8. The molecule has 0 N–H and O–H groups in total. The minimum atomic E-state index is -6.00. The van der Waals surface area contributed by atoms with Crippen LogP contribution < -0.4 is 4.90 Å². The molecule has 0 aromatic heterocycles. The van der Waals surface area contributed by atoms with Crippen LogP contribution >= 0.6 is 0 Å². The van der Waals surface area contributed by atoms with Crippen molar-refractivity contribution in [2.75, 3.05) is 4.90 Å². The number of hydrogen-bond donors (Lipinski definition) is 0. The normalized spacial score (nSPS) is 22.6. The Morgan fingerprint density at radius 1 is 0.467 bits per heavy atom. The van der Waals surface area contributed by atoms with Crippen LogP contribution in [0.25, 0.3) is 0 Å². The van der Waals surface area contributed by atoms with E-state index in [-0.39, 0.29) is 12.1 Å². The molecule has 0 unspecified atom stereocenters. The molecule has 1 heterocycles. The van der Waals surface area contributed by atoms with Crippen molar-refractivity contribution in [3.05, 3.63) is 129 Å². The van der Waals surface area contributed by atoms with E-state index in [4.69, 9.17) is 0 Å². The molecule has 320 valence electrons. The van der Waals surface area contributed by atoms with Crippen molar-refractivity contribution in [1.29, 1.82) is 0 Å². The van der Waals surface area contributed by atoms with Crippen molar-refractivity contribution in [3.8, 4) is 0 Å². The first-order chi connectivity index (χ1) is 29.1. The van der Waals surface area contributed by atoms with Gasteiger partial charge < -0.3 is 17.3 Å². The van der Waals surface area contributed by atoms with Gasteiger partial charge in [-0.3, -0.25) is 0 Å². The van der Waals surface area contributed by atoms with Gasteiger partial charge >= 0.3 is 7.25 Å². The second kappa shape index (κ2) is 19.5. The molecule has 4 fully saturated rings. The van der Waals surface area contributed by atoms with Gasteiger partial charge in [-0.25, -0.2) is 9.48 Å². The lowest BCUT2D eigenvalue weighted by molar-refractivity contribution is -0.482. The number of nitrogens with zero attached hydrogens (tertiary/aromatic N) is 2. The molecule has 0 radical (unpaired) electrons. The Balaban J connectivity index is 0.000000943. The van der Waals surface area contributed by atoms with E-state index >= 15 is 0 Å². The summed E-state index contributed by atoms with van der Waals surface area (Å²) in [5, 5.41) is 0. The molecule has 0 spiro atoms. The summed E-state index contributed by atoms with van der Waals surface area (Å²) in [6, 6.07) is 34.2. The molecule has 0 saturated heterocycles. The molecule has 5 aliphatic rings. The molecule has 0 bridgehead atoms. The number of aryl methyl sites for hydroxylation is 2. The fourth-order valence-corrected chi connectivity index (χ4v) is 12.1. The molecule has 2 nitrogen and oxygen atoms in total. The maximum Gasteiger partial charge on any atom is 0.673 e. The number of benzene rings is 4. The third-order valence-electron chi connectivity index (χ3n) is 14.9. The van der Waals surface area contributed by atoms with Crippen LogP contribution in [0.1, 0.15) is 209 Å². The van der Waals surface area contributed by atoms with Gasteiger partial charge in [0.25, 0.3) is 0 Å². The second-order valence-corrected chi connectivity index (χ2v) is 19.0. The first-order valence-corrected chi connectivity index (χ1v) is 23.8. The Bertz CT molecular complexity index is 2030. The van der Waals surface area contributed by atoms with Gasteiger partial charge in [-0.1, -0.05) is 162 Å². The lowest BCUT2D eigenvalue weighted by Crippen LogP contribution is -2.28. The summed E-state index contributed by atoms with van der Waals surface area (Å²) in [6.07, 6.45) is 29.9. The van der Waals surface area contributed by atoms with E-state index in [1.165, 1.54) is 162 Å². The molecule has 2 atom stereocenters. The van der Waals surface area contributed by atoms with E-state index in [1.54, 1.807) is 22.3 Å². The van der Waals surface area contributed by atoms with E-state index in [0.29, 0.717) is 23.7 Å². The molecule has 4 aliphatic carbocycles. The molecule has 7 heteroatoms. The van der Waals surface area contributed by atoms with Crippen LogP contribution in [0.5, 0.6) is 0 Å². The van der Waals surface area contributed by atoms with Gasteiger partial charge in [-0.15, -0.1) is 0 Å². The molecule has 4 aromatic carbocycles. The van der Waals surface area contributed by atoms with Crippen molar-refractivity contribution in [2.24, 2.45) is 0 Å². The highest BCUT2D eigenvalue weighted by Gasteiger charge is 2.48. The third-order valence-corrected chi connectivity index (χ3v) is 14.9. The van der Waals surface area contributed by atoms with Crippen molar-refractivity contribution >= 4 is 25.0 Å². The van der Waals surface area contributed by atoms with Gasteiger partial charge in [0, 0.05) is 22.3 Å². The van der Waals surface area contributed by atoms with Crippen LogP contribution in [0.15, 0.2) is 84.9 Å². The molecule has 0 amide bonds. The molecular formula is C53H67BF4N2. The Hall–Kier alpha value is -3.87. The Morgan fingerprint density at radius 2 is 0.867 bits per heavy atom. The van der Waals surface area contributed by atoms with Crippen molar-refractivity contribution in [1.82, 2.24) is 0 Å². The first-order valence-electron chi connectivity index (χ1n) is 23.8. The highest BCUT2D eigenvalue weighted by atomic mass is 19.5. The largest absolute Gasteiger partial charge is 0.673 e. The minimum Gasteiger partial charge on any atom is -0.418 e. The fourth-order valence-electron chi connectivity index (χ4n) is 12.1. The topological polar surface area (TPSA) is 6.25 Å². The zero-order valence-corrected chi connectivity index (χ0v) is 36.3.